The van der Waals surface area contributed by atoms with Gasteiger partial charge in [-0.15, -0.1) is 0 Å². The van der Waals surface area contributed by atoms with Gasteiger partial charge in [-0.3, -0.25) is 14.8 Å². The molecule has 0 aliphatic carbocycles. The zero-order chi connectivity index (χ0) is 16.8. The first-order valence-corrected chi connectivity index (χ1v) is 8.44. The van der Waals surface area contributed by atoms with Crippen LogP contribution in [0.15, 0.2) is 36.9 Å². The molecule has 0 radical (unpaired) electrons. The molecule has 6 heteroatoms. The van der Waals surface area contributed by atoms with Crippen LogP contribution in [-0.4, -0.2) is 38.8 Å². The summed E-state index contributed by atoms with van der Waals surface area (Å²) in [6.45, 7) is 1.63. The van der Waals surface area contributed by atoms with Crippen molar-refractivity contribution in [3.05, 3.63) is 48.2 Å². The van der Waals surface area contributed by atoms with Crippen LogP contribution >= 0.6 is 0 Å². The molecule has 1 atom stereocenters. The van der Waals surface area contributed by atoms with Crippen molar-refractivity contribution in [3.63, 3.8) is 0 Å². The first kappa shape index (κ1) is 16.4. The first-order chi connectivity index (χ1) is 11.7. The monoisotopic (exact) mass is 325 g/mol. The Balaban J connectivity index is 1.53. The lowest BCUT2D eigenvalue weighted by molar-refractivity contribution is -0.132. The highest BCUT2D eigenvalue weighted by molar-refractivity contribution is 5.76. The highest BCUT2D eigenvalue weighted by Crippen LogP contribution is 2.22. The summed E-state index contributed by atoms with van der Waals surface area (Å²) in [5, 5.41) is 0. The summed E-state index contributed by atoms with van der Waals surface area (Å²) in [7, 11) is 0. The number of rotatable bonds is 5. The molecule has 1 saturated heterocycles. The number of anilines is 1. The molecule has 1 fully saturated rings. The number of hydrogen-bond donors (Lipinski definition) is 1. The summed E-state index contributed by atoms with van der Waals surface area (Å²) < 4.78 is 0. The average Bonchev–Trinajstić information content (AvgIpc) is 2.63. The minimum absolute atomic E-state index is 0.218. The van der Waals surface area contributed by atoms with Gasteiger partial charge in [0, 0.05) is 44.3 Å². The molecule has 2 aromatic heterocycles. The third-order valence-electron chi connectivity index (χ3n) is 4.51. The van der Waals surface area contributed by atoms with Gasteiger partial charge in [0.15, 0.2) is 0 Å². The van der Waals surface area contributed by atoms with E-state index < -0.39 is 0 Å². The minimum Gasteiger partial charge on any atom is -0.382 e. The maximum Gasteiger partial charge on any atom is 0.222 e. The van der Waals surface area contributed by atoms with Crippen LogP contribution in [0.2, 0.25) is 0 Å². The van der Waals surface area contributed by atoms with Gasteiger partial charge in [0.25, 0.3) is 0 Å². The van der Waals surface area contributed by atoms with E-state index >= 15 is 0 Å². The lowest BCUT2D eigenvalue weighted by Crippen LogP contribution is -2.40. The van der Waals surface area contributed by atoms with Gasteiger partial charge in [-0.2, -0.15) is 0 Å². The molecule has 0 saturated carbocycles. The molecule has 6 nitrogen and oxygen atoms in total. The first-order valence-electron chi connectivity index (χ1n) is 8.44. The van der Waals surface area contributed by atoms with E-state index in [-0.39, 0.29) is 5.91 Å². The van der Waals surface area contributed by atoms with Crippen molar-refractivity contribution >= 4 is 11.7 Å². The molecule has 1 aliphatic rings. The number of aromatic nitrogens is 3. The number of likely N-dealkylation sites (tertiary alicyclic amines) is 1. The number of nitrogens with two attached hydrogens (primary N) is 1. The molecule has 3 heterocycles. The largest absolute Gasteiger partial charge is 0.382 e. The Morgan fingerprint density at radius 3 is 2.96 bits per heavy atom. The minimum atomic E-state index is 0.218. The van der Waals surface area contributed by atoms with Crippen LogP contribution in [0.1, 0.15) is 30.5 Å². The van der Waals surface area contributed by atoms with E-state index in [1.54, 1.807) is 18.6 Å². The number of pyridine rings is 1. The van der Waals surface area contributed by atoms with Crippen LogP contribution in [0, 0.1) is 5.92 Å². The third-order valence-corrected chi connectivity index (χ3v) is 4.51. The molecule has 0 spiro atoms. The standard InChI is InChI=1S/C18H23N5O/c19-18-16(21-8-9-22-18)11-15-4-2-10-23(13-15)17(24)6-5-14-3-1-7-20-12-14/h1,3,7-9,12,15H,2,4-6,10-11,13H2,(H2,19,22)/t15-/m0/s1. The van der Waals surface area contributed by atoms with Crippen molar-refractivity contribution in [1.29, 1.82) is 0 Å². The maximum absolute atomic E-state index is 12.5. The summed E-state index contributed by atoms with van der Waals surface area (Å²) >= 11 is 0. The van der Waals surface area contributed by atoms with Gasteiger partial charge in [-0.25, -0.2) is 4.98 Å². The molecular weight excluding hydrogens is 302 g/mol. The number of hydrogen-bond acceptors (Lipinski definition) is 5. The lowest BCUT2D eigenvalue weighted by atomic mass is 9.93. The molecule has 1 amide bonds. The Kier molecular flexibility index (Phi) is 5.36. The fourth-order valence-corrected chi connectivity index (χ4v) is 3.22. The molecule has 3 rings (SSSR count). The number of nitrogen functional groups attached to an aromatic ring is 1. The van der Waals surface area contributed by atoms with Gasteiger partial charge in [0.2, 0.25) is 5.91 Å². The van der Waals surface area contributed by atoms with E-state index in [0.717, 1.165) is 50.0 Å². The van der Waals surface area contributed by atoms with Crippen LogP contribution in [0.4, 0.5) is 5.82 Å². The maximum atomic E-state index is 12.5. The van der Waals surface area contributed by atoms with Crippen molar-refractivity contribution in [2.45, 2.75) is 32.1 Å². The van der Waals surface area contributed by atoms with E-state index in [1.165, 1.54) is 0 Å². The smallest absolute Gasteiger partial charge is 0.222 e. The molecule has 0 unspecified atom stereocenters. The second-order valence-corrected chi connectivity index (χ2v) is 6.30. The van der Waals surface area contributed by atoms with E-state index in [9.17, 15) is 4.79 Å². The average molecular weight is 325 g/mol. The van der Waals surface area contributed by atoms with E-state index in [4.69, 9.17) is 5.73 Å². The molecule has 2 aromatic rings. The molecule has 0 aromatic carbocycles. The molecule has 2 N–H and O–H groups in total. The Labute approximate surface area is 142 Å². The normalized spacial score (nSPS) is 17.7. The summed E-state index contributed by atoms with van der Waals surface area (Å²) in [4.78, 5) is 27.0. The van der Waals surface area contributed by atoms with Crippen LogP contribution in [-0.2, 0) is 17.6 Å². The van der Waals surface area contributed by atoms with Crippen molar-refractivity contribution in [3.8, 4) is 0 Å². The van der Waals surface area contributed by atoms with Gasteiger partial charge in [-0.05, 0) is 43.2 Å². The predicted octanol–water partition coefficient (Wildman–Crippen LogP) is 1.87. The SMILES string of the molecule is Nc1nccnc1C[C@@H]1CCCN(C(=O)CCc2cccnc2)C1. The third kappa shape index (κ3) is 4.28. The molecule has 126 valence electrons. The highest BCUT2D eigenvalue weighted by atomic mass is 16.2. The number of nitrogens with zero attached hydrogens (tertiary/aromatic N) is 4. The Morgan fingerprint density at radius 2 is 2.17 bits per heavy atom. The number of carbonyl (C=O) groups excluding carboxylic acids is 1. The fraction of sp³-hybridized carbons (Fsp3) is 0.444. The summed E-state index contributed by atoms with van der Waals surface area (Å²) in [6, 6.07) is 3.91. The Morgan fingerprint density at radius 1 is 1.29 bits per heavy atom. The van der Waals surface area contributed by atoms with E-state index in [2.05, 4.69) is 15.0 Å². The van der Waals surface area contributed by atoms with Crippen LogP contribution < -0.4 is 5.73 Å². The molecule has 1 aliphatic heterocycles. The van der Waals surface area contributed by atoms with Gasteiger partial charge in [-0.1, -0.05) is 6.07 Å². The second-order valence-electron chi connectivity index (χ2n) is 6.30. The second kappa shape index (κ2) is 7.86. The van der Waals surface area contributed by atoms with Gasteiger partial charge >= 0.3 is 0 Å². The van der Waals surface area contributed by atoms with Gasteiger partial charge in [0.05, 0.1) is 5.69 Å². The molecule has 0 bridgehead atoms. The van der Waals surface area contributed by atoms with Crippen LogP contribution in [0.5, 0.6) is 0 Å². The lowest BCUT2D eigenvalue weighted by Gasteiger charge is -2.33. The number of aryl methyl sites for hydroxylation is 1. The summed E-state index contributed by atoms with van der Waals surface area (Å²) in [5.74, 6) is 1.12. The van der Waals surface area contributed by atoms with Crippen molar-refractivity contribution in [2.24, 2.45) is 5.92 Å². The van der Waals surface area contributed by atoms with Crippen molar-refractivity contribution in [2.75, 3.05) is 18.8 Å². The molecular formula is C18H23N5O. The number of carbonyl (C=O) groups is 1. The van der Waals surface area contributed by atoms with Crippen molar-refractivity contribution < 1.29 is 4.79 Å². The molecule has 24 heavy (non-hydrogen) atoms. The van der Waals surface area contributed by atoms with Crippen molar-refractivity contribution in [1.82, 2.24) is 19.9 Å². The number of amides is 1. The van der Waals surface area contributed by atoms with Crippen LogP contribution in [0.25, 0.3) is 0 Å². The Hall–Kier alpha value is -2.50. The quantitative estimate of drug-likeness (QED) is 0.907. The van der Waals surface area contributed by atoms with Gasteiger partial charge < -0.3 is 10.6 Å². The van der Waals surface area contributed by atoms with E-state index in [1.807, 2.05) is 23.2 Å². The summed E-state index contributed by atoms with van der Waals surface area (Å²) in [5.41, 5.74) is 7.83. The predicted molar refractivity (Wildman–Crippen MR) is 92.0 cm³/mol. The fourth-order valence-electron chi connectivity index (χ4n) is 3.22. The van der Waals surface area contributed by atoms with E-state index in [0.29, 0.717) is 18.2 Å². The zero-order valence-electron chi connectivity index (χ0n) is 13.8. The van der Waals surface area contributed by atoms with Gasteiger partial charge in [0.1, 0.15) is 5.82 Å². The highest BCUT2D eigenvalue weighted by Gasteiger charge is 2.24. The van der Waals surface area contributed by atoms with Crippen LogP contribution in [0.3, 0.4) is 0 Å². The summed E-state index contributed by atoms with van der Waals surface area (Å²) in [6.07, 6.45) is 11.0. The number of piperidine rings is 1. The Bertz CT molecular complexity index is 676. The zero-order valence-corrected chi connectivity index (χ0v) is 13.8. The topological polar surface area (TPSA) is 85.0 Å².